The fraction of sp³-hybridized carbons (Fsp3) is 0.211. The normalized spacial score (nSPS) is 11.3. The van der Waals surface area contributed by atoms with Gasteiger partial charge in [0.25, 0.3) is 0 Å². The number of benzene rings is 5. The number of hydrogen-bond acceptors (Lipinski definition) is 0. The average molecular weight is 621 g/mol. The van der Waals surface area contributed by atoms with Gasteiger partial charge in [-0.15, -0.1) is 0 Å². The number of halogens is 7. The third kappa shape index (κ3) is 7.64. The van der Waals surface area contributed by atoms with Crippen LogP contribution >= 0.6 is 0 Å². The van der Waals surface area contributed by atoms with Gasteiger partial charge in [0.2, 0.25) is 0 Å². The van der Waals surface area contributed by atoms with E-state index in [-0.39, 0.29) is 43.2 Å². The van der Waals surface area contributed by atoms with Crippen molar-refractivity contribution in [2.45, 2.75) is 51.9 Å². The Balaban J connectivity index is 1.67. The molecular formula is C38H31F7. The van der Waals surface area contributed by atoms with Crippen molar-refractivity contribution in [3.63, 3.8) is 0 Å². The SMILES string of the molecule is CCc1cc(CCc2c(F)cccc2F)c(CCc2cc(F)cc(F)c2)c(CCc2cc(F)ccc2F)c1-c1ccc(F)cc1. The molecule has 0 atom stereocenters. The van der Waals surface area contributed by atoms with Gasteiger partial charge in [-0.25, -0.2) is 30.7 Å². The summed E-state index contributed by atoms with van der Waals surface area (Å²) in [6, 6.07) is 18.2. The van der Waals surface area contributed by atoms with Crippen molar-refractivity contribution in [3.8, 4) is 11.1 Å². The van der Waals surface area contributed by atoms with Crippen LogP contribution in [0.25, 0.3) is 11.1 Å². The van der Waals surface area contributed by atoms with Crippen LogP contribution in [-0.2, 0) is 44.9 Å². The standard InChI is InChI=1S/C38H31F7/c1-2-24-20-26(9-16-34-36(44)4-3-5-37(34)45)32(14-6-23-18-30(41)22-31(42)19-23)33(38(24)25-7-11-28(39)12-8-25)15-10-27-21-29(40)13-17-35(27)43/h3-5,7-8,11-13,17-22H,2,6,9-10,14-16H2,1H3. The molecule has 0 fully saturated rings. The van der Waals surface area contributed by atoms with Gasteiger partial charge in [0.05, 0.1) is 0 Å². The Kier molecular flexibility index (Phi) is 10.1. The second-order valence-electron chi connectivity index (χ2n) is 11.1. The molecule has 0 saturated carbocycles. The summed E-state index contributed by atoms with van der Waals surface area (Å²) >= 11 is 0. The Bertz CT molecular complexity index is 1770. The van der Waals surface area contributed by atoms with Gasteiger partial charge in [-0.3, -0.25) is 0 Å². The summed E-state index contributed by atoms with van der Waals surface area (Å²) in [4.78, 5) is 0. The smallest absolute Gasteiger partial charge is 0.129 e. The van der Waals surface area contributed by atoms with Crippen LogP contribution in [0.2, 0.25) is 0 Å². The molecule has 0 aliphatic rings. The molecule has 0 spiro atoms. The largest absolute Gasteiger partial charge is 0.207 e. The van der Waals surface area contributed by atoms with E-state index in [4.69, 9.17) is 0 Å². The maximum atomic E-state index is 14.7. The fourth-order valence-electron chi connectivity index (χ4n) is 6.02. The van der Waals surface area contributed by atoms with E-state index in [2.05, 4.69) is 0 Å². The van der Waals surface area contributed by atoms with Gasteiger partial charge < -0.3 is 0 Å². The van der Waals surface area contributed by atoms with Gasteiger partial charge in [0.15, 0.2) is 0 Å². The molecule has 0 nitrogen and oxygen atoms in total. The van der Waals surface area contributed by atoms with Gasteiger partial charge in [-0.2, -0.15) is 0 Å². The summed E-state index contributed by atoms with van der Waals surface area (Å²) in [7, 11) is 0. The summed E-state index contributed by atoms with van der Waals surface area (Å²) in [6.07, 6.45) is 1.80. The summed E-state index contributed by atoms with van der Waals surface area (Å²) in [6.45, 7) is 1.95. The molecule has 0 aliphatic heterocycles. The lowest BCUT2D eigenvalue weighted by Gasteiger charge is -2.24. The molecule has 5 aromatic carbocycles. The minimum atomic E-state index is -0.713. The van der Waals surface area contributed by atoms with E-state index >= 15 is 0 Å². The third-order valence-corrected chi connectivity index (χ3v) is 8.18. The lowest BCUT2D eigenvalue weighted by molar-refractivity contribution is 0.554. The van der Waals surface area contributed by atoms with Crippen molar-refractivity contribution < 1.29 is 30.7 Å². The first-order chi connectivity index (χ1) is 21.6. The minimum absolute atomic E-state index is 0.0527. The maximum absolute atomic E-state index is 14.7. The highest BCUT2D eigenvalue weighted by molar-refractivity contribution is 5.74. The molecule has 7 heteroatoms. The van der Waals surface area contributed by atoms with Crippen molar-refractivity contribution in [1.82, 2.24) is 0 Å². The molecule has 5 rings (SSSR count). The number of rotatable bonds is 11. The van der Waals surface area contributed by atoms with Gasteiger partial charge >= 0.3 is 0 Å². The van der Waals surface area contributed by atoms with Gasteiger partial charge in [-0.1, -0.05) is 31.2 Å². The molecule has 232 valence electrons. The van der Waals surface area contributed by atoms with Crippen LogP contribution < -0.4 is 0 Å². The van der Waals surface area contributed by atoms with E-state index in [0.717, 1.165) is 52.1 Å². The first kappa shape index (κ1) is 32.0. The summed E-state index contributed by atoms with van der Waals surface area (Å²) < 4.78 is 100. The lowest BCUT2D eigenvalue weighted by Crippen LogP contribution is -2.11. The zero-order valence-corrected chi connectivity index (χ0v) is 24.7. The first-order valence-electron chi connectivity index (χ1n) is 14.9. The second kappa shape index (κ2) is 14.1. The fourth-order valence-corrected chi connectivity index (χ4v) is 6.02. The van der Waals surface area contributed by atoms with E-state index in [0.29, 0.717) is 24.0 Å². The molecule has 0 saturated heterocycles. The van der Waals surface area contributed by atoms with Gasteiger partial charge in [0.1, 0.15) is 40.7 Å². The lowest BCUT2D eigenvalue weighted by atomic mass is 9.81. The first-order valence-corrected chi connectivity index (χ1v) is 14.9. The second-order valence-corrected chi connectivity index (χ2v) is 11.1. The van der Waals surface area contributed by atoms with Crippen LogP contribution in [-0.4, -0.2) is 0 Å². The molecule has 0 radical (unpaired) electrons. The quantitative estimate of drug-likeness (QED) is 0.129. The Morgan fingerprint density at radius 1 is 0.422 bits per heavy atom. The Hall–Kier alpha value is -4.39. The van der Waals surface area contributed by atoms with Crippen LogP contribution in [0.5, 0.6) is 0 Å². The van der Waals surface area contributed by atoms with Crippen molar-refractivity contribution in [3.05, 3.63) is 165 Å². The summed E-state index contributed by atoms with van der Waals surface area (Å²) in [5.74, 6) is -4.30. The molecule has 0 N–H and O–H groups in total. The molecule has 0 bridgehead atoms. The molecular weight excluding hydrogens is 589 g/mol. The van der Waals surface area contributed by atoms with Crippen LogP contribution in [0, 0.1) is 40.7 Å². The maximum Gasteiger partial charge on any atom is 0.129 e. The zero-order chi connectivity index (χ0) is 32.1. The van der Waals surface area contributed by atoms with Crippen molar-refractivity contribution in [1.29, 1.82) is 0 Å². The van der Waals surface area contributed by atoms with Gasteiger partial charge in [-0.05, 0) is 144 Å². The predicted octanol–water partition coefficient (Wildman–Crippen LogP) is 10.2. The van der Waals surface area contributed by atoms with Crippen molar-refractivity contribution >= 4 is 0 Å². The van der Waals surface area contributed by atoms with Gasteiger partial charge in [0, 0.05) is 11.6 Å². The highest BCUT2D eigenvalue weighted by Gasteiger charge is 2.21. The van der Waals surface area contributed by atoms with E-state index in [9.17, 15) is 30.7 Å². The van der Waals surface area contributed by atoms with Crippen LogP contribution in [0.1, 0.15) is 45.9 Å². The van der Waals surface area contributed by atoms with Crippen molar-refractivity contribution in [2.24, 2.45) is 0 Å². The van der Waals surface area contributed by atoms with E-state index in [1.807, 2.05) is 13.0 Å². The molecule has 0 aliphatic carbocycles. The van der Waals surface area contributed by atoms with E-state index in [1.54, 1.807) is 12.1 Å². The monoisotopic (exact) mass is 620 g/mol. The highest BCUT2D eigenvalue weighted by atomic mass is 19.2. The topological polar surface area (TPSA) is 0 Å². The molecule has 0 unspecified atom stereocenters. The van der Waals surface area contributed by atoms with Crippen LogP contribution in [0.3, 0.4) is 0 Å². The average Bonchev–Trinajstić information content (AvgIpc) is 3.00. The summed E-state index contributed by atoms with van der Waals surface area (Å²) in [5.41, 5.74) is 5.30. The van der Waals surface area contributed by atoms with E-state index in [1.165, 1.54) is 42.5 Å². The number of aryl methyl sites for hydroxylation is 4. The molecule has 0 amide bonds. The Morgan fingerprint density at radius 3 is 1.69 bits per heavy atom. The Morgan fingerprint density at radius 2 is 1.02 bits per heavy atom. The molecule has 5 aromatic rings. The summed E-state index contributed by atoms with van der Waals surface area (Å²) in [5, 5.41) is 0. The third-order valence-electron chi connectivity index (χ3n) is 8.18. The highest BCUT2D eigenvalue weighted by Crippen LogP contribution is 2.36. The molecule has 45 heavy (non-hydrogen) atoms. The Labute approximate surface area is 258 Å². The minimum Gasteiger partial charge on any atom is -0.207 e. The number of hydrogen-bond donors (Lipinski definition) is 0. The van der Waals surface area contributed by atoms with Crippen LogP contribution in [0.4, 0.5) is 30.7 Å². The van der Waals surface area contributed by atoms with Crippen molar-refractivity contribution in [2.75, 3.05) is 0 Å². The zero-order valence-electron chi connectivity index (χ0n) is 24.7. The molecule has 0 aromatic heterocycles. The predicted molar refractivity (Wildman–Crippen MR) is 163 cm³/mol. The van der Waals surface area contributed by atoms with Crippen LogP contribution in [0.15, 0.2) is 84.9 Å². The molecule has 0 heterocycles. The van der Waals surface area contributed by atoms with E-state index < -0.39 is 40.7 Å².